The van der Waals surface area contributed by atoms with Gasteiger partial charge < -0.3 is 13.9 Å². The Morgan fingerprint density at radius 3 is 2.54 bits per heavy atom. The van der Waals surface area contributed by atoms with E-state index < -0.39 is 5.63 Å². The topological polar surface area (TPSA) is 72.0 Å². The van der Waals surface area contributed by atoms with Crippen molar-refractivity contribution >= 4 is 12.7 Å². The van der Waals surface area contributed by atoms with Crippen LogP contribution in [0.4, 0.5) is 4.39 Å². The molecule has 2 aromatic carbocycles. The van der Waals surface area contributed by atoms with Gasteiger partial charge in [-0.3, -0.25) is 0 Å². The van der Waals surface area contributed by atoms with Crippen LogP contribution in [0.5, 0.6) is 0 Å². The van der Waals surface area contributed by atoms with E-state index in [1.54, 1.807) is 18.2 Å². The molecule has 2 heterocycles. The highest BCUT2D eigenvalue weighted by molar-refractivity contribution is 5.58. The molecule has 4 aromatic rings. The molecule has 26 heavy (non-hydrogen) atoms. The Labute approximate surface area is 146 Å². The van der Waals surface area contributed by atoms with Crippen molar-refractivity contribution < 1.29 is 13.3 Å². The number of halogens is 1. The Morgan fingerprint density at radius 2 is 1.81 bits per heavy atom. The third kappa shape index (κ3) is 2.88. The fourth-order valence-corrected chi connectivity index (χ4v) is 2.63. The molecule has 0 saturated carbocycles. The molecule has 0 spiro atoms. The van der Waals surface area contributed by atoms with E-state index in [0.717, 1.165) is 5.56 Å². The minimum Gasteiger partial charge on any atom is -0.404 e. The van der Waals surface area contributed by atoms with Gasteiger partial charge in [0, 0.05) is 5.56 Å². The van der Waals surface area contributed by atoms with Gasteiger partial charge in [-0.25, -0.2) is 9.18 Å². The number of aromatic amines is 1. The van der Waals surface area contributed by atoms with Gasteiger partial charge in [-0.2, -0.15) is 0 Å². The van der Waals surface area contributed by atoms with Crippen molar-refractivity contribution in [3.05, 3.63) is 97.9 Å². The van der Waals surface area contributed by atoms with Gasteiger partial charge in [0.25, 0.3) is 0 Å². The molecule has 6 heteroatoms. The molecular formula is C20H13FN2O3. The summed E-state index contributed by atoms with van der Waals surface area (Å²) in [6, 6.07) is 15.1. The van der Waals surface area contributed by atoms with Crippen LogP contribution in [-0.2, 0) is 0 Å². The zero-order chi connectivity index (χ0) is 18.1. The number of nitrogens with one attached hydrogen (secondary N) is 1. The lowest BCUT2D eigenvalue weighted by atomic mass is 10.1. The second-order valence-electron chi connectivity index (χ2n) is 5.65. The highest BCUT2D eigenvalue weighted by Gasteiger charge is 2.09. The number of H-pyrrole nitrogens is 1. The summed E-state index contributed by atoms with van der Waals surface area (Å²) in [5.41, 5.74) is 1.92. The average Bonchev–Trinajstić information content (AvgIpc) is 3.20. The van der Waals surface area contributed by atoms with E-state index in [4.69, 9.17) is 8.94 Å². The lowest BCUT2D eigenvalue weighted by Gasteiger charge is -1.92. The van der Waals surface area contributed by atoms with Crippen LogP contribution in [0.3, 0.4) is 0 Å². The maximum Gasteiger partial charge on any atom is 0.361 e. The van der Waals surface area contributed by atoms with Crippen molar-refractivity contribution in [2.24, 2.45) is 0 Å². The highest BCUT2D eigenvalue weighted by atomic mass is 19.1. The van der Waals surface area contributed by atoms with Gasteiger partial charge in [0.15, 0.2) is 5.42 Å². The van der Waals surface area contributed by atoms with Crippen molar-refractivity contribution in [3.63, 3.8) is 0 Å². The van der Waals surface area contributed by atoms with Gasteiger partial charge in [-0.1, -0.05) is 54.2 Å². The van der Waals surface area contributed by atoms with Crippen LogP contribution < -0.4 is 16.4 Å². The number of rotatable bonds is 2. The van der Waals surface area contributed by atoms with Crippen LogP contribution in [0.1, 0.15) is 5.56 Å². The molecule has 1 N–H and O–H groups in total. The molecule has 0 amide bonds. The normalized spacial score (nSPS) is 13.2. The molecule has 128 valence electrons. The highest BCUT2D eigenvalue weighted by Crippen LogP contribution is 2.16. The molecule has 0 aliphatic heterocycles. The molecule has 4 rings (SSSR count). The Kier molecular flexibility index (Phi) is 3.85. The smallest absolute Gasteiger partial charge is 0.361 e. The average molecular weight is 348 g/mol. The summed E-state index contributed by atoms with van der Waals surface area (Å²) < 4.78 is 23.6. The van der Waals surface area contributed by atoms with Crippen LogP contribution in [0.2, 0.25) is 0 Å². The SMILES string of the molecule is C=c1onc(-c2ccccc2)c1=c1[nH]/c(=C\c2ccc(F)cc2)c(=O)o1. The predicted octanol–water partition coefficient (Wildman–Crippen LogP) is 2.29. The van der Waals surface area contributed by atoms with Crippen molar-refractivity contribution in [1.29, 1.82) is 0 Å². The second kappa shape index (κ2) is 6.33. The molecule has 0 bridgehead atoms. The van der Waals surface area contributed by atoms with Gasteiger partial charge in [0.2, 0.25) is 5.55 Å². The zero-order valence-electron chi connectivity index (χ0n) is 13.5. The first kappa shape index (κ1) is 15.8. The van der Waals surface area contributed by atoms with Crippen LogP contribution in [0, 0.1) is 16.6 Å². The Balaban J connectivity index is 1.99. The van der Waals surface area contributed by atoms with Crippen LogP contribution in [0.15, 0.2) is 68.3 Å². The molecule has 0 radical (unpaired) electrons. The van der Waals surface area contributed by atoms with Gasteiger partial charge in [0.05, 0.1) is 0 Å². The monoisotopic (exact) mass is 348 g/mol. The first-order chi connectivity index (χ1) is 12.6. The molecular weight excluding hydrogens is 335 g/mol. The van der Waals surface area contributed by atoms with Gasteiger partial charge in [-0.15, -0.1) is 0 Å². The molecule has 0 aliphatic carbocycles. The quantitative estimate of drug-likeness (QED) is 0.603. The number of hydrogen-bond acceptors (Lipinski definition) is 4. The van der Waals surface area contributed by atoms with E-state index in [2.05, 4.69) is 16.7 Å². The lowest BCUT2D eigenvalue weighted by Crippen LogP contribution is -2.20. The minimum atomic E-state index is -0.552. The maximum absolute atomic E-state index is 13.0. The number of aromatic nitrogens is 2. The van der Waals surface area contributed by atoms with Crippen molar-refractivity contribution in [3.8, 4) is 11.3 Å². The summed E-state index contributed by atoms with van der Waals surface area (Å²) >= 11 is 0. The Morgan fingerprint density at radius 1 is 1.08 bits per heavy atom. The summed E-state index contributed by atoms with van der Waals surface area (Å²) in [6.07, 6.45) is 1.58. The van der Waals surface area contributed by atoms with Crippen LogP contribution >= 0.6 is 0 Å². The van der Waals surface area contributed by atoms with E-state index in [0.29, 0.717) is 16.5 Å². The fourth-order valence-electron chi connectivity index (χ4n) is 2.63. The summed E-state index contributed by atoms with van der Waals surface area (Å²) in [4.78, 5) is 15.1. The first-order valence-electron chi connectivity index (χ1n) is 7.82. The van der Waals surface area contributed by atoms with E-state index in [1.165, 1.54) is 12.1 Å². The third-order valence-corrected chi connectivity index (χ3v) is 3.88. The molecule has 5 nitrogen and oxygen atoms in total. The van der Waals surface area contributed by atoms with Crippen LogP contribution in [0.25, 0.3) is 23.9 Å². The molecule has 0 aliphatic rings. The number of nitrogens with zero attached hydrogens (tertiary/aromatic N) is 1. The zero-order valence-corrected chi connectivity index (χ0v) is 13.5. The molecule has 0 unspecified atom stereocenters. The van der Waals surface area contributed by atoms with E-state index >= 15 is 0 Å². The predicted molar refractivity (Wildman–Crippen MR) is 93.7 cm³/mol. The Bertz CT molecular complexity index is 1320. The maximum atomic E-state index is 13.0. The summed E-state index contributed by atoms with van der Waals surface area (Å²) in [6.45, 7) is 3.81. The largest absolute Gasteiger partial charge is 0.404 e. The number of benzene rings is 2. The van der Waals surface area contributed by atoms with E-state index in [1.807, 2.05) is 30.3 Å². The van der Waals surface area contributed by atoms with Crippen molar-refractivity contribution in [2.45, 2.75) is 0 Å². The van der Waals surface area contributed by atoms with Gasteiger partial charge in [-0.05, 0) is 23.8 Å². The number of hydrogen-bond donors (Lipinski definition) is 1. The summed E-state index contributed by atoms with van der Waals surface area (Å²) in [5, 5.41) is 4.73. The fraction of sp³-hybridized carbons (Fsp3) is 0. The second-order valence-corrected chi connectivity index (χ2v) is 5.65. The summed E-state index contributed by atoms with van der Waals surface area (Å²) in [7, 11) is 0. The van der Waals surface area contributed by atoms with Crippen LogP contribution in [-0.4, -0.2) is 10.1 Å². The molecule has 2 aromatic heterocycles. The third-order valence-electron chi connectivity index (χ3n) is 3.88. The van der Waals surface area contributed by atoms with Crippen molar-refractivity contribution in [1.82, 2.24) is 10.1 Å². The Hall–Kier alpha value is -3.67. The van der Waals surface area contributed by atoms with E-state index in [9.17, 15) is 9.18 Å². The molecule has 0 saturated heterocycles. The first-order valence-corrected chi connectivity index (χ1v) is 7.82. The lowest BCUT2D eigenvalue weighted by molar-refractivity contribution is 0.396. The standard InChI is InChI=1S/C20H13FN2O3/c1-12-17(18(23-26-12)14-5-3-2-4-6-14)19-22-16(20(24)25-19)11-13-7-9-15(21)10-8-13/h2-11,22H,1H2/b16-11-,19-17?. The van der Waals surface area contributed by atoms with Gasteiger partial charge >= 0.3 is 5.63 Å². The number of oxazole rings is 1. The molecule has 0 atom stereocenters. The van der Waals surface area contributed by atoms with Gasteiger partial charge in [0.1, 0.15) is 22.1 Å². The molecule has 0 fully saturated rings. The van der Waals surface area contributed by atoms with E-state index in [-0.39, 0.29) is 22.1 Å². The summed E-state index contributed by atoms with van der Waals surface area (Å²) in [5.74, 6) is -0.347. The van der Waals surface area contributed by atoms with Crippen molar-refractivity contribution in [2.75, 3.05) is 0 Å². The minimum absolute atomic E-state index is 0.202.